The lowest BCUT2D eigenvalue weighted by Gasteiger charge is -2.40. The van der Waals surface area contributed by atoms with Crippen molar-refractivity contribution in [1.82, 2.24) is 19.4 Å². The van der Waals surface area contributed by atoms with Gasteiger partial charge in [-0.25, -0.2) is 9.97 Å². The molecule has 1 saturated carbocycles. The third kappa shape index (κ3) is 2.52. The van der Waals surface area contributed by atoms with Crippen molar-refractivity contribution in [3.63, 3.8) is 0 Å². The Kier molecular flexibility index (Phi) is 3.62. The van der Waals surface area contributed by atoms with Gasteiger partial charge in [-0.15, -0.1) is 0 Å². The number of aromatic nitrogens is 3. The van der Waals surface area contributed by atoms with Crippen LogP contribution < -0.4 is 5.73 Å². The summed E-state index contributed by atoms with van der Waals surface area (Å²) in [6.07, 6.45) is 6.00. The van der Waals surface area contributed by atoms with Crippen molar-refractivity contribution in [3.8, 4) is 0 Å². The summed E-state index contributed by atoms with van der Waals surface area (Å²) in [7, 11) is -0.581. The Morgan fingerprint density at radius 2 is 2.05 bits per heavy atom. The second-order valence-corrected chi connectivity index (χ2v) is 8.06. The van der Waals surface area contributed by atoms with Crippen molar-refractivity contribution in [1.29, 1.82) is 0 Å². The summed E-state index contributed by atoms with van der Waals surface area (Å²) < 4.78 is 13.6. The number of anilines is 1. The Bertz CT molecular complexity index is 699. The smallest absolute Gasteiger partial charge is 0.145 e. The van der Waals surface area contributed by atoms with E-state index in [0.29, 0.717) is 11.9 Å². The molecule has 118 valence electrons. The van der Waals surface area contributed by atoms with Crippen LogP contribution in [0.1, 0.15) is 18.9 Å². The van der Waals surface area contributed by atoms with Gasteiger partial charge in [0, 0.05) is 54.2 Å². The lowest BCUT2D eigenvalue weighted by molar-refractivity contribution is 0.137. The second-order valence-electron chi connectivity index (χ2n) is 6.36. The first-order valence-electron chi connectivity index (χ1n) is 7.85. The molecule has 0 bridgehead atoms. The number of nitrogens with zero attached hydrogens (tertiary/aromatic N) is 4. The average Bonchev–Trinajstić information content (AvgIpc) is 2.89. The molecule has 1 aliphatic carbocycles. The van der Waals surface area contributed by atoms with Crippen LogP contribution in [0.2, 0.25) is 0 Å². The van der Waals surface area contributed by atoms with Gasteiger partial charge in [-0.05, 0) is 24.8 Å². The van der Waals surface area contributed by atoms with Crippen molar-refractivity contribution in [2.24, 2.45) is 5.92 Å². The van der Waals surface area contributed by atoms with E-state index in [0.717, 1.165) is 48.1 Å². The zero-order chi connectivity index (χ0) is 15.1. The topological polar surface area (TPSA) is 77.0 Å². The Labute approximate surface area is 132 Å². The van der Waals surface area contributed by atoms with Gasteiger partial charge in [-0.3, -0.25) is 4.21 Å². The zero-order valence-corrected chi connectivity index (χ0v) is 13.3. The van der Waals surface area contributed by atoms with Gasteiger partial charge in [0.05, 0.1) is 5.39 Å². The number of rotatable bonds is 3. The number of fused-ring (bicyclic) bond motifs is 1. The number of hydrogen-bond acceptors (Lipinski definition) is 5. The molecule has 22 heavy (non-hydrogen) atoms. The molecule has 0 amide bonds. The minimum absolute atomic E-state index is 0.524. The molecule has 2 aromatic heterocycles. The second kappa shape index (κ2) is 5.62. The van der Waals surface area contributed by atoms with Crippen LogP contribution in [0.3, 0.4) is 0 Å². The predicted octanol–water partition coefficient (Wildman–Crippen LogP) is 1.03. The fourth-order valence-corrected chi connectivity index (χ4v) is 4.71. The van der Waals surface area contributed by atoms with Gasteiger partial charge in [0.15, 0.2) is 0 Å². The van der Waals surface area contributed by atoms with Crippen molar-refractivity contribution in [3.05, 3.63) is 18.6 Å². The average molecular weight is 319 g/mol. The van der Waals surface area contributed by atoms with E-state index in [2.05, 4.69) is 25.6 Å². The van der Waals surface area contributed by atoms with E-state index in [1.54, 1.807) is 0 Å². The third-order valence-electron chi connectivity index (χ3n) is 4.93. The summed E-state index contributed by atoms with van der Waals surface area (Å²) in [5, 5.41) is 0.949. The molecule has 0 unspecified atom stereocenters. The largest absolute Gasteiger partial charge is 0.383 e. The summed E-state index contributed by atoms with van der Waals surface area (Å²) >= 11 is 0. The molecule has 2 aliphatic rings. The number of nitrogen functional groups attached to an aromatic ring is 1. The molecule has 1 aliphatic heterocycles. The summed E-state index contributed by atoms with van der Waals surface area (Å²) in [4.78, 5) is 10.9. The van der Waals surface area contributed by atoms with Crippen LogP contribution in [0.4, 0.5) is 5.82 Å². The lowest BCUT2D eigenvalue weighted by Crippen LogP contribution is -2.43. The highest BCUT2D eigenvalue weighted by Crippen LogP contribution is 2.40. The lowest BCUT2D eigenvalue weighted by atomic mass is 9.79. The van der Waals surface area contributed by atoms with Gasteiger partial charge in [0.25, 0.3) is 0 Å². The predicted molar refractivity (Wildman–Crippen MR) is 88.0 cm³/mol. The van der Waals surface area contributed by atoms with Crippen LogP contribution in [0.15, 0.2) is 18.6 Å². The Morgan fingerprint density at radius 3 is 2.82 bits per heavy atom. The van der Waals surface area contributed by atoms with Gasteiger partial charge in [0.2, 0.25) is 0 Å². The molecule has 1 saturated heterocycles. The molecule has 0 radical (unpaired) electrons. The van der Waals surface area contributed by atoms with Crippen molar-refractivity contribution in [2.75, 3.05) is 36.9 Å². The van der Waals surface area contributed by atoms with E-state index in [9.17, 15) is 4.21 Å². The first-order valence-corrected chi connectivity index (χ1v) is 9.34. The monoisotopic (exact) mass is 319 g/mol. The minimum atomic E-state index is -0.581. The van der Waals surface area contributed by atoms with E-state index >= 15 is 0 Å². The molecular formula is C15H21N5OS. The van der Waals surface area contributed by atoms with E-state index < -0.39 is 10.8 Å². The first-order chi connectivity index (χ1) is 10.7. The van der Waals surface area contributed by atoms with Crippen molar-refractivity contribution in [2.45, 2.75) is 18.9 Å². The maximum Gasteiger partial charge on any atom is 0.145 e. The highest BCUT2D eigenvalue weighted by Gasteiger charge is 2.33. The fraction of sp³-hybridized carbons (Fsp3) is 0.600. The van der Waals surface area contributed by atoms with Crippen LogP contribution in [0.5, 0.6) is 0 Å². The summed E-state index contributed by atoms with van der Waals surface area (Å²) in [5.74, 6) is 2.98. The standard InChI is InChI=1S/C15H21N5OS/c16-14-13-1-2-20(15(13)18-10-17-14)12-7-11(8-12)9-19-3-5-22(21)6-4-19/h1-2,10-12H,3-9H2,(H2,16,17,18). The molecule has 0 atom stereocenters. The van der Waals surface area contributed by atoms with Crippen LogP contribution in [0, 0.1) is 5.92 Å². The SMILES string of the molecule is Nc1ncnc2c1ccn2C1CC(CN2CCS(=O)CC2)C1. The maximum absolute atomic E-state index is 11.4. The molecule has 2 fully saturated rings. The summed E-state index contributed by atoms with van der Waals surface area (Å²) in [6, 6.07) is 2.54. The molecule has 7 heteroatoms. The zero-order valence-electron chi connectivity index (χ0n) is 12.5. The van der Waals surface area contributed by atoms with Gasteiger partial charge in [-0.2, -0.15) is 0 Å². The Morgan fingerprint density at radius 1 is 1.27 bits per heavy atom. The normalized spacial score (nSPS) is 27.1. The minimum Gasteiger partial charge on any atom is -0.383 e. The number of nitrogens with two attached hydrogens (primary N) is 1. The van der Waals surface area contributed by atoms with E-state index in [1.165, 1.54) is 19.2 Å². The molecule has 3 heterocycles. The van der Waals surface area contributed by atoms with Gasteiger partial charge >= 0.3 is 0 Å². The molecule has 2 N–H and O–H groups in total. The van der Waals surface area contributed by atoms with E-state index in [1.807, 2.05) is 6.07 Å². The third-order valence-corrected chi connectivity index (χ3v) is 6.21. The first kappa shape index (κ1) is 14.1. The summed E-state index contributed by atoms with van der Waals surface area (Å²) in [6.45, 7) is 3.12. The molecule has 6 nitrogen and oxygen atoms in total. The molecule has 0 spiro atoms. The quantitative estimate of drug-likeness (QED) is 0.914. The van der Waals surface area contributed by atoms with Crippen LogP contribution in [-0.4, -0.2) is 54.8 Å². The van der Waals surface area contributed by atoms with Crippen LogP contribution in [-0.2, 0) is 10.8 Å². The number of hydrogen-bond donors (Lipinski definition) is 1. The van der Waals surface area contributed by atoms with Crippen LogP contribution in [0.25, 0.3) is 11.0 Å². The molecule has 0 aromatic carbocycles. The Balaban J connectivity index is 1.38. The molecule has 4 rings (SSSR count). The highest BCUT2D eigenvalue weighted by atomic mass is 32.2. The van der Waals surface area contributed by atoms with Gasteiger partial charge in [-0.1, -0.05) is 0 Å². The van der Waals surface area contributed by atoms with Crippen molar-refractivity contribution < 1.29 is 4.21 Å². The van der Waals surface area contributed by atoms with Gasteiger partial charge in [0.1, 0.15) is 17.8 Å². The van der Waals surface area contributed by atoms with E-state index in [-0.39, 0.29) is 0 Å². The Hall–Kier alpha value is -1.47. The molecular weight excluding hydrogens is 298 g/mol. The van der Waals surface area contributed by atoms with Crippen LogP contribution >= 0.6 is 0 Å². The van der Waals surface area contributed by atoms with Gasteiger partial charge < -0.3 is 15.2 Å². The summed E-state index contributed by atoms with van der Waals surface area (Å²) in [5.41, 5.74) is 6.84. The molecule has 2 aromatic rings. The van der Waals surface area contributed by atoms with Crippen molar-refractivity contribution >= 4 is 27.7 Å². The fourth-order valence-electron chi connectivity index (χ4n) is 3.59. The van der Waals surface area contributed by atoms with E-state index in [4.69, 9.17) is 5.73 Å². The highest BCUT2D eigenvalue weighted by molar-refractivity contribution is 7.85. The maximum atomic E-state index is 11.4.